The molecule has 0 spiro atoms. The van der Waals surface area contributed by atoms with E-state index >= 15 is 0 Å². The predicted octanol–water partition coefficient (Wildman–Crippen LogP) is 1.05. The Hall–Kier alpha value is -3.24. The molecular formula is C20H26N6O4. The van der Waals surface area contributed by atoms with Crippen LogP contribution in [0.1, 0.15) is 26.3 Å². The van der Waals surface area contributed by atoms with Crippen molar-refractivity contribution >= 4 is 22.8 Å². The third-order valence-corrected chi connectivity index (χ3v) is 4.54. The number of benzene rings is 1. The van der Waals surface area contributed by atoms with Crippen molar-refractivity contribution in [2.45, 2.75) is 39.5 Å². The molecule has 3 aromatic rings. The maximum Gasteiger partial charge on any atom is 0.329 e. The quantitative estimate of drug-likeness (QED) is 0.373. The molecule has 0 fully saturated rings. The number of aromatic nitrogens is 4. The number of nitrogens with zero attached hydrogens (tertiary/aromatic N) is 4. The lowest BCUT2D eigenvalue weighted by atomic mass is 10.1. The Morgan fingerprint density at radius 1 is 1.30 bits per heavy atom. The Balaban J connectivity index is 2.01. The van der Waals surface area contributed by atoms with E-state index in [-0.39, 0.29) is 36.4 Å². The molecule has 3 N–H and O–H groups in total. The van der Waals surface area contributed by atoms with Crippen LogP contribution in [0.3, 0.4) is 0 Å². The number of hydrogen-bond donors (Lipinski definition) is 3. The molecular weight excluding hydrogens is 388 g/mol. The van der Waals surface area contributed by atoms with E-state index in [1.165, 1.54) is 16.2 Å². The molecule has 160 valence electrons. The molecule has 0 amide bonds. The minimum atomic E-state index is -0.888. The summed E-state index contributed by atoms with van der Waals surface area (Å²) in [7, 11) is 1.51. The molecule has 0 aliphatic heterocycles. The van der Waals surface area contributed by atoms with E-state index in [0.717, 1.165) is 5.56 Å². The number of H-pyrrole nitrogens is 1. The summed E-state index contributed by atoms with van der Waals surface area (Å²) in [5.74, 6) is 0.232. The average molecular weight is 414 g/mol. The smallest absolute Gasteiger partial charge is 0.329 e. The van der Waals surface area contributed by atoms with Crippen molar-refractivity contribution in [2.24, 2.45) is 12.1 Å². The van der Waals surface area contributed by atoms with Crippen LogP contribution in [0.15, 0.2) is 45.0 Å². The van der Waals surface area contributed by atoms with Gasteiger partial charge in [0.15, 0.2) is 11.2 Å². The lowest BCUT2D eigenvalue weighted by Gasteiger charge is -2.16. The van der Waals surface area contributed by atoms with E-state index in [4.69, 9.17) is 4.74 Å². The predicted molar refractivity (Wildman–Crippen MR) is 115 cm³/mol. The number of ether oxygens (including phenoxy) is 1. The van der Waals surface area contributed by atoms with Gasteiger partial charge in [-0.3, -0.25) is 14.3 Å². The number of aromatic amines is 1. The van der Waals surface area contributed by atoms with Gasteiger partial charge in [-0.1, -0.05) is 30.3 Å². The van der Waals surface area contributed by atoms with Crippen molar-refractivity contribution in [1.29, 1.82) is 0 Å². The van der Waals surface area contributed by atoms with Crippen LogP contribution in [-0.2, 0) is 18.3 Å². The highest BCUT2D eigenvalue weighted by atomic mass is 16.5. The second-order valence-corrected chi connectivity index (χ2v) is 7.25. The van der Waals surface area contributed by atoms with Crippen LogP contribution in [0.4, 0.5) is 5.95 Å². The highest BCUT2D eigenvalue weighted by molar-refractivity contribution is 5.99. The zero-order chi connectivity index (χ0) is 21.8. The summed E-state index contributed by atoms with van der Waals surface area (Å²) in [5, 5.41) is 14.8. The molecule has 0 unspecified atom stereocenters. The van der Waals surface area contributed by atoms with Gasteiger partial charge in [-0.05, 0) is 26.3 Å². The number of imidazole rings is 1. The molecule has 0 bridgehead atoms. The van der Waals surface area contributed by atoms with E-state index in [2.05, 4.69) is 20.5 Å². The monoisotopic (exact) mass is 414 g/mol. The van der Waals surface area contributed by atoms with Crippen molar-refractivity contribution in [3.63, 3.8) is 0 Å². The summed E-state index contributed by atoms with van der Waals surface area (Å²) in [5.41, 5.74) is 3.69. The van der Waals surface area contributed by atoms with Crippen LogP contribution in [0.2, 0.25) is 0 Å². The molecule has 0 aliphatic rings. The SMILES string of the molecule is C/C(=N/Nc1nc2c(c(=O)[nH]c(=O)n2C)n1C[C@@H](O)COC(C)C)c1ccccc1. The fourth-order valence-corrected chi connectivity index (χ4v) is 2.94. The first-order valence-corrected chi connectivity index (χ1v) is 9.63. The number of rotatable bonds is 8. The molecule has 0 aliphatic carbocycles. The molecule has 10 heteroatoms. The van der Waals surface area contributed by atoms with E-state index in [9.17, 15) is 14.7 Å². The molecule has 10 nitrogen and oxygen atoms in total. The molecule has 0 radical (unpaired) electrons. The summed E-state index contributed by atoms with van der Waals surface area (Å²) in [6.07, 6.45) is -0.930. The summed E-state index contributed by atoms with van der Waals surface area (Å²) in [6.45, 7) is 5.70. The van der Waals surface area contributed by atoms with Gasteiger partial charge in [0.05, 0.1) is 31.1 Å². The van der Waals surface area contributed by atoms with Crippen molar-refractivity contribution in [3.8, 4) is 0 Å². The first-order chi connectivity index (χ1) is 14.3. The van der Waals surface area contributed by atoms with Gasteiger partial charge in [-0.15, -0.1) is 0 Å². The number of hydrogen-bond acceptors (Lipinski definition) is 7. The van der Waals surface area contributed by atoms with Crippen LogP contribution in [0.5, 0.6) is 0 Å². The molecule has 1 atom stereocenters. The fraction of sp³-hybridized carbons (Fsp3) is 0.400. The van der Waals surface area contributed by atoms with Crippen LogP contribution in [0.25, 0.3) is 11.2 Å². The molecule has 0 saturated heterocycles. The van der Waals surface area contributed by atoms with E-state index in [1.807, 2.05) is 51.1 Å². The normalized spacial score (nSPS) is 13.2. The lowest BCUT2D eigenvalue weighted by molar-refractivity contribution is -0.000105. The summed E-state index contributed by atoms with van der Waals surface area (Å²) in [6, 6.07) is 9.57. The number of nitrogens with one attached hydrogen (secondary N) is 2. The van der Waals surface area contributed by atoms with Gasteiger partial charge in [-0.2, -0.15) is 10.1 Å². The Bertz CT molecular complexity index is 1160. The summed E-state index contributed by atoms with van der Waals surface area (Å²) < 4.78 is 8.20. The highest BCUT2D eigenvalue weighted by Crippen LogP contribution is 2.17. The molecule has 2 heterocycles. The number of aryl methyl sites for hydroxylation is 1. The Morgan fingerprint density at radius 2 is 2.00 bits per heavy atom. The lowest BCUT2D eigenvalue weighted by Crippen LogP contribution is -2.30. The van der Waals surface area contributed by atoms with E-state index in [1.54, 1.807) is 0 Å². The third kappa shape index (κ3) is 4.66. The van der Waals surface area contributed by atoms with Crippen LogP contribution >= 0.6 is 0 Å². The number of hydrazone groups is 1. The maximum atomic E-state index is 12.5. The van der Waals surface area contributed by atoms with Crippen molar-refractivity contribution in [2.75, 3.05) is 12.0 Å². The van der Waals surface area contributed by atoms with Gasteiger partial charge >= 0.3 is 5.69 Å². The Labute approximate surface area is 172 Å². The fourth-order valence-electron chi connectivity index (χ4n) is 2.94. The van der Waals surface area contributed by atoms with Crippen molar-refractivity contribution in [1.82, 2.24) is 19.1 Å². The maximum absolute atomic E-state index is 12.5. The summed E-state index contributed by atoms with van der Waals surface area (Å²) >= 11 is 0. The summed E-state index contributed by atoms with van der Waals surface area (Å²) in [4.78, 5) is 31.1. The first kappa shape index (κ1) is 21.5. The minimum Gasteiger partial charge on any atom is -0.389 e. The second-order valence-electron chi connectivity index (χ2n) is 7.25. The molecule has 30 heavy (non-hydrogen) atoms. The number of fused-ring (bicyclic) bond motifs is 1. The molecule has 1 aromatic carbocycles. The van der Waals surface area contributed by atoms with Crippen LogP contribution in [-0.4, -0.2) is 48.7 Å². The van der Waals surface area contributed by atoms with Gasteiger partial charge in [0, 0.05) is 7.05 Å². The number of aliphatic hydroxyl groups excluding tert-OH is 1. The van der Waals surface area contributed by atoms with Gasteiger partial charge in [-0.25, -0.2) is 10.2 Å². The zero-order valence-corrected chi connectivity index (χ0v) is 17.4. The van der Waals surface area contributed by atoms with Crippen LogP contribution < -0.4 is 16.7 Å². The molecule has 3 rings (SSSR count). The molecule has 2 aromatic heterocycles. The topological polar surface area (TPSA) is 127 Å². The van der Waals surface area contributed by atoms with E-state index < -0.39 is 17.4 Å². The molecule has 0 saturated carbocycles. The third-order valence-electron chi connectivity index (χ3n) is 4.54. The van der Waals surface area contributed by atoms with Crippen molar-refractivity contribution < 1.29 is 9.84 Å². The minimum absolute atomic E-state index is 0.0345. The van der Waals surface area contributed by atoms with Crippen LogP contribution in [0, 0.1) is 0 Å². The zero-order valence-electron chi connectivity index (χ0n) is 17.4. The standard InChI is InChI=1S/C20H26N6O4/c1-12(2)30-11-15(27)10-26-16-17(25(4)20(29)22-18(16)28)21-19(26)24-23-13(3)14-8-6-5-7-9-14/h5-9,12,15,27H,10-11H2,1-4H3,(H,21,24)(H,22,28,29)/b23-13-/t15-/m1/s1. The largest absolute Gasteiger partial charge is 0.389 e. The average Bonchev–Trinajstić information content (AvgIpc) is 3.08. The van der Waals surface area contributed by atoms with Gasteiger partial charge in [0.25, 0.3) is 5.56 Å². The van der Waals surface area contributed by atoms with Gasteiger partial charge in [0.1, 0.15) is 0 Å². The van der Waals surface area contributed by atoms with E-state index in [0.29, 0.717) is 5.71 Å². The second kappa shape index (κ2) is 9.06. The van der Waals surface area contributed by atoms with Crippen molar-refractivity contribution in [3.05, 3.63) is 56.7 Å². The Morgan fingerprint density at radius 3 is 2.67 bits per heavy atom. The van der Waals surface area contributed by atoms with Gasteiger partial charge < -0.3 is 14.4 Å². The van der Waals surface area contributed by atoms with Gasteiger partial charge in [0.2, 0.25) is 5.95 Å². The number of aliphatic hydroxyl groups is 1. The Kier molecular flexibility index (Phi) is 6.48. The first-order valence-electron chi connectivity index (χ1n) is 9.63. The highest BCUT2D eigenvalue weighted by Gasteiger charge is 2.20. The number of anilines is 1.